The van der Waals surface area contributed by atoms with Crippen molar-refractivity contribution in [3.8, 4) is 55.8 Å². The van der Waals surface area contributed by atoms with Crippen molar-refractivity contribution in [2.24, 2.45) is 0 Å². The SMILES string of the molecule is O=c1cc(-c2ccc(Nc3ccc(-c4c5nc(c(-c6ccccc6)c6ccc([nH]6)c(-c6ccccc6)c6nc(c(-c7ccccc7)c7ccc4[nH]7)C=C6)C=C5)cc3)cc2)oc2ccccc12. The van der Waals surface area contributed by atoms with Gasteiger partial charge in [0.2, 0.25) is 0 Å². The highest BCUT2D eigenvalue weighted by molar-refractivity contribution is 6.00. The molecule has 0 fully saturated rings. The molecular formula is C59H39N5O2. The molecule has 312 valence electrons. The van der Waals surface area contributed by atoms with Gasteiger partial charge in [-0.2, -0.15) is 0 Å². The van der Waals surface area contributed by atoms with Gasteiger partial charge in [-0.25, -0.2) is 9.97 Å². The third kappa shape index (κ3) is 7.11. The summed E-state index contributed by atoms with van der Waals surface area (Å²) < 4.78 is 6.09. The van der Waals surface area contributed by atoms with Crippen molar-refractivity contribution in [3.05, 3.63) is 227 Å². The second kappa shape index (κ2) is 16.2. The van der Waals surface area contributed by atoms with Gasteiger partial charge in [0, 0.05) is 67.3 Å². The Kier molecular flexibility index (Phi) is 9.50. The van der Waals surface area contributed by atoms with Crippen molar-refractivity contribution in [2.75, 3.05) is 5.32 Å². The van der Waals surface area contributed by atoms with Gasteiger partial charge in [-0.3, -0.25) is 4.79 Å². The summed E-state index contributed by atoms with van der Waals surface area (Å²) in [5, 5.41) is 4.12. The molecule has 4 aromatic heterocycles. The van der Waals surface area contributed by atoms with Crippen LogP contribution in [-0.4, -0.2) is 19.9 Å². The number of aromatic amines is 2. The molecule has 6 heterocycles. The first-order valence-electron chi connectivity index (χ1n) is 21.9. The van der Waals surface area contributed by atoms with Gasteiger partial charge in [-0.05, 0) is 119 Å². The Labute approximate surface area is 379 Å². The number of aromatic nitrogens is 4. The monoisotopic (exact) mass is 849 g/mol. The fourth-order valence-corrected chi connectivity index (χ4v) is 9.09. The third-order valence-electron chi connectivity index (χ3n) is 12.2. The predicted molar refractivity (Wildman–Crippen MR) is 272 cm³/mol. The molecule has 0 spiro atoms. The van der Waals surface area contributed by atoms with Gasteiger partial charge in [-0.1, -0.05) is 115 Å². The lowest BCUT2D eigenvalue weighted by molar-refractivity contribution is 0.619. The van der Waals surface area contributed by atoms with Crippen LogP contribution < -0.4 is 10.7 Å². The van der Waals surface area contributed by atoms with Crippen molar-refractivity contribution in [1.29, 1.82) is 0 Å². The molecule has 66 heavy (non-hydrogen) atoms. The highest BCUT2D eigenvalue weighted by Crippen LogP contribution is 2.39. The number of H-pyrrole nitrogens is 2. The number of nitrogens with one attached hydrogen (secondary N) is 3. The quantitative estimate of drug-likeness (QED) is 0.148. The topological polar surface area (TPSA) is 99.6 Å². The first-order valence-corrected chi connectivity index (χ1v) is 21.9. The summed E-state index contributed by atoms with van der Waals surface area (Å²) in [6.07, 6.45) is 8.49. The molecule has 0 atom stereocenters. The van der Waals surface area contributed by atoms with E-state index in [4.69, 9.17) is 14.4 Å². The molecule has 2 aliphatic heterocycles. The molecule has 0 unspecified atom stereocenters. The Morgan fingerprint density at radius 1 is 0.379 bits per heavy atom. The Morgan fingerprint density at radius 2 is 0.742 bits per heavy atom. The number of hydrogen-bond donors (Lipinski definition) is 3. The number of benzene rings is 6. The Hall–Kier alpha value is -9.07. The summed E-state index contributed by atoms with van der Waals surface area (Å²) in [7, 11) is 0. The zero-order valence-electron chi connectivity index (χ0n) is 35.5. The minimum Gasteiger partial charge on any atom is -0.456 e. The van der Waals surface area contributed by atoms with Crippen LogP contribution in [0, 0.1) is 0 Å². The molecule has 12 rings (SSSR count). The van der Waals surface area contributed by atoms with Crippen LogP contribution >= 0.6 is 0 Å². The van der Waals surface area contributed by atoms with Gasteiger partial charge in [0.15, 0.2) is 5.43 Å². The lowest BCUT2D eigenvalue weighted by Crippen LogP contribution is -1.99. The summed E-state index contributed by atoms with van der Waals surface area (Å²) in [5.41, 5.74) is 18.6. The van der Waals surface area contributed by atoms with Crippen LogP contribution in [0.4, 0.5) is 11.4 Å². The van der Waals surface area contributed by atoms with Gasteiger partial charge >= 0.3 is 0 Å². The molecular weight excluding hydrogens is 811 g/mol. The zero-order valence-corrected chi connectivity index (χ0v) is 35.5. The maximum Gasteiger partial charge on any atom is 0.193 e. The van der Waals surface area contributed by atoms with Crippen LogP contribution in [-0.2, 0) is 0 Å². The van der Waals surface area contributed by atoms with E-state index in [-0.39, 0.29) is 5.43 Å². The fourth-order valence-electron chi connectivity index (χ4n) is 9.09. The van der Waals surface area contributed by atoms with E-state index in [1.54, 1.807) is 12.1 Å². The average Bonchev–Trinajstić information content (AvgIpc) is 4.22. The highest BCUT2D eigenvalue weighted by atomic mass is 16.3. The largest absolute Gasteiger partial charge is 0.456 e. The second-order valence-corrected chi connectivity index (χ2v) is 16.4. The number of anilines is 2. The van der Waals surface area contributed by atoms with E-state index < -0.39 is 0 Å². The van der Waals surface area contributed by atoms with E-state index in [1.807, 2.05) is 60.7 Å². The molecule has 8 bridgehead atoms. The molecule has 0 saturated heterocycles. The van der Waals surface area contributed by atoms with Gasteiger partial charge in [0.1, 0.15) is 11.3 Å². The second-order valence-electron chi connectivity index (χ2n) is 16.4. The molecule has 0 radical (unpaired) electrons. The maximum atomic E-state index is 12.8. The summed E-state index contributed by atoms with van der Waals surface area (Å²) in [4.78, 5) is 31.3. The zero-order chi connectivity index (χ0) is 44.0. The van der Waals surface area contributed by atoms with Crippen LogP contribution in [0.3, 0.4) is 0 Å². The number of nitrogens with zero attached hydrogens (tertiary/aromatic N) is 2. The minimum absolute atomic E-state index is 0.0632. The predicted octanol–water partition coefficient (Wildman–Crippen LogP) is 14.8. The number of para-hydroxylation sites is 1. The number of rotatable bonds is 7. The lowest BCUT2D eigenvalue weighted by atomic mass is 10.0. The normalized spacial score (nSPS) is 11.9. The van der Waals surface area contributed by atoms with Crippen molar-refractivity contribution in [3.63, 3.8) is 0 Å². The third-order valence-corrected chi connectivity index (χ3v) is 12.2. The number of hydrogen-bond acceptors (Lipinski definition) is 5. The molecule has 10 aromatic rings. The van der Waals surface area contributed by atoms with Gasteiger partial charge in [0.05, 0.1) is 28.2 Å². The van der Waals surface area contributed by atoms with E-state index in [9.17, 15) is 4.79 Å². The van der Waals surface area contributed by atoms with E-state index in [2.05, 4.69) is 161 Å². The first kappa shape index (κ1) is 38.6. The van der Waals surface area contributed by atoms with E-state index in [0.717, 1.165) is 106 Å². The first-order chi connectivity index (χ1) is 32.6. The van der Waals surface area contributed by atoms with Crippen molar-refractivity contribution < 1.29 is 4.42 Å². The maximum absolute atomic E-state index is 12.8. The van der Waals surface area contributed by atoms with Gasteiger partial charge in [-0.15, -0.1) is 0 Å². The minimum atomic E-state index is -0.0632. The van der Waals surface area contributed by atoms with Crippen LogP contribution in [0.15, 0.2) is 203 Å². The van der Waals surface area contributed by atoms with Crippen LogP contribution in [0.5, 0.6) is 0 Å². The van der Waals surface area contributed by atoms with E-state index >= 15 is 0 Å². The standard InChI is InChI=1S/C59H39N5O2/c65-53-36-55(66-54-19-11-10-18-44(53)54)37-20-24-42(25-21-37)60-43-26-22-41(23-27-43)59-51-34-32-49(63-51)57(39-14-6-2-7-15-39)47-30-28-45(61-47)56(38-12-4-1-5-13-38)46-29-31-48(62-46)58(40-16-8-3-9-17-40)50-33-35-52(59)64-50/h1-36,60-61,64H. The summed E-state index contributed by atoms with van der Waals surface area (Å²) in [6, 6.07) is 65.2. The summed E-state index contributed by atoms with van der Waals surface area (Å²) >= 11 is 0. The Morgan fingerprint density at radius 3 is 1.17 bits per heavy atom. The van der Waals surface area contributed by atoms with Gasteiger partial charge < -0.3 is 19.7 Å². The molecule has 0 amide bonds. The number of fused-ring (bicyclic) bond motifs is 9. The van der Waals surface area contributed by atoms with Crippen molar-refractivity contribution in [1.82, 2.24) is 19.9 Å². The summed E-state index contributed by atoms with van der Waals surface area (Å²) in [5.74, 6) is 0.531. The van der Waals surface area contributed by atoms with E-state index in [0.29, 0.717) is 16.7 Å². The summed E-state index contributed by atoms with van der Waals surface area (Å²) in [6.45, 7) is 0. The molecule has 2 aliphatic rings. The Balaban J connectivity index is 1.03. The molecule has 0 aliphatic carbocycles. The van der Waals surface area contributed by atoms with Crippen molar-refractivity contribution in [2.45, 2.75) is 0 Å². The molecule has 6 aromatic carbocycles. The van der Waals surface area contributed by atoms with Crippen LogP contribution in [0.1, 0.15) is 22.8 Å². The molecule has 7 nitrogen and oxygen atoms in total. The lowest BCUT2D eigenvalue weighted by Gasteiger charge is -2.10. The molecule has 3 N–H and O–H groups in total. The smallest absolute Gasteiger partial charge is 0.193 e. The Bertz CT molecular complexity index is 3740. The highest BCUT2D eigenvalue weighted by Gasteiger charge is 2.19. The molecule has 0 saturated carbocycles. The average molecular weight is 850 g/mol. The molecule has 7 heteroatoms. The fraction of sp³-hybridized carbons (Fsp3) is 0. The van der Waals surface area contributed by atoms with Crippen molar-refractivity contribution >= 4 is 68.7 Å². The van der Waals surface area contributed by atoms with Gasteiger partial charge in [0.25, 0.3) is 0 Å². The van der Waals surface area contributed by atoms with E-state index in [1.165, 1.54) is 0 Å². The van der Waals surface area contributed by atoms with Crippen LogP contribution in [0.2, 0.25) is 0 Å². The van der Waals surface area contributed by atoms with Crippen LogP contribution in [0.25, 0.3) is 113 Å².